The van der Waals surface area contributed by atoms with E-state index in [1.807, 2.05) is 24.3 Å². The van der Waals surface area contributed by atoms with Crippen molar-refractivity contribution in [1.29, 1.82) is 0 Å². The first kappa shape index (κ1) is 14.3. The van der Waals surface area contributed by atoms with Gasteiger partial charge in [0.15, 0.2) is 0 Å². The number of benzene rings is 1. The molecule has 1 aliphatic rings. The van der Waals surface area contributed by atoms with Crippen molar-refractivity contribution in [2.24, 2.45) is 0 Å². The van der Waals surface area contributed by atoms with Crippen LogP contribution in [-0.4, -0.2) is 56.1 Å². The molecule has 1 aromatic rings. The number of rotatable bonds is 5. The van der Waals surface area contributed by atoms with Gasteiger partial charge in [-0.1, -0.05) is 12.1 Å². The van der Waals surface area contributed by atoms with E-state index in [4.69, 9.17) is 27.2 Å². The Morgan fingerprint density at radius 2 is 2.00 bits per heavy atom. The van der Waals surface area contributed by atoms with Crippen LogP contribution in [0.25, 0.3) is 0 Å². The van der Waals surface area contributed by atoms with Crippen LogP contribution in [-0.2, 0) is 16.1 Å². The Bertz CT molecular complexity index is 397. The minimum Gasteiger partial charge on any atom is -0.497 e. The molecule has 2 N–H and O–H groups in total. The second kappa shape index (κ2) is 6.39. The van der Waals surface area contributed by atoms with Crippen LogP contribution in [0.2, 0.25) is 0 Å². The fraction of sp³-hybridized carbons (Fsp3) is 0.538. The summed E-state index contributed by atoms with van der Waals surface area (Å²) in [5.74, 6) is 0.769. The molecule has 102 valence electrons. The molecular weight excluding hydrogens is 247 g/mol. The summed E-state index contributed by atoms with van der Waals surface area (Å²) in [5, 5.41) is 18.9. The minimum atomic E-state index is -0.918. The number of hydrogen-bond donors (Lipinski definition) is 2. The Labute approximate surface area is 113 Å². The average molecular weight is 264 g/mol. The maximum absolute atomic E-state index is 9.87. The lowest BCUT2D eigenvalue weighted by Crippen LogP contribution is -2.36. The molecule has 0 amide bonds. The molecule has 1 heterocycles. The first-order valence-corrected chi connectivity index (χ1v) is 6.10. The zero-order valence-corrected chi connectivity index (χ0v) is 10.7. The zero-order valence-electron chi connectivity index (χ0n) is 10.7. The molecule has 0 saturated carbocycles. The number of aliphatic hydroxyl groups is 2. The Hall–Kier alpha value is -1.08. The lowest BCUT2D eigenvalue weighted by Gasteiger charge is -2.19. The zero-order chi connectivity index (χ0) is 13.8. The van der Waals surface area contributed by atoms with E-state index in [9.17, 15) is 5.11 Å². The molecule has 2 radical (unpaired) electrons. The lowest BCUT2D eigenvalue weighted by molar-refractivity contribution is -0.0354. The van der Waals surface area contributed by atoms with Gasteiger partial charge in [0.1, 0.15) is 31.9 Å². The molecule has 1 saturated heterocycles. The summed E-state index contributed by atoms with van der Waals surface area (Å²) in [7, 11) is 7.31. The van der Waals surface area contributed by atoms with Gasteiger partial charge in [0, 0.05) is 6.00 Å². The van der Waals surface area contributed by atoms with Crippen LogP contribution in [0.1, 0.15) is 5.56 Å². The molecule has 19 heavy (non-hydrogen) atoms. The fourth-order valence-electron chi connectivity index (χ4n) is 2.02. The molecule has 6 heteroatoms. The van der Waals surface area contributed by atoms with Gasteiger partial charge < -0.3 is 24.4 Å². The van der Waals surface area contributed by atoms with Crippen molar-refractivity contribution in [2.75, 3.05) is 13.7 Å². The lowest BCUT2D eigenvalue weighted by atomic mass is 9.93. The summed E-state index contributed by atoms with van der Waals surface area (Å²) in [6, 6.07) is 6.67. The van der Waals surface area contributed by atoms with Crippen molar-refractivity contribution in [1.82, 2.24) is 0 Å². The largest absolute Gasteiger partial charge is 0.497 e. The SMILES string of the molecule is [B]C1OC(CO)C(O)C1OCc1ccc(OC)cc1. The second-order valence-electron chi connectivity index (χ2n) is 4.44. The van der Waals surface area contributed by atoms with Crippen molar-refractivity contribution < 1.29 is 24.4 Å². The number of hydrogen-bond acceptors (Lipinski definition) is 5. The van der Waals surface area contributed by atoms with Gasteiger partial charge in [0.2, 0.25) is 0 Å². The molecule has 1 fully saturated rings. The summed E-state index contributed by atoms with van der Waals surface area (Å²) in [6.07, 6.45) is -2.24. The molecule has 1 aliphatic heterocycles. The van der Waals surface area contributed by atoms with Crippen LogP contribution in [0.3, 0.4) is 0 Å². The number of ether oxygens (including phenoxy) is 3. The Morgan fingerprint density at radius 3 is 2.53 bits per heavy atom. The van der Waals surface area contributed by atoms with Crippen LogP contribution in [0.4, 0.5) is 0 Å². The molecule has 5 nitrogen and oxygen atoms in total. The van der Waals surface area contributed by atoms with Crippen LogP contribution >= 0.6 is 0 Å². The van der Waals surface area contributed by atoms with E-state index in [-0.39, 0.29) is 6.61 Å². The van der Waals surface area contributed by atoms with E-state index in [1.54, 1.807) is 7.11 Å². The average Bonchev–Trinajstić information content (AvgIpc) is 2.72. The molecule has 0 aliphatic carbocycles. The molecule has 0 spiro atoms. The van der Waals surface area contributed by atoms with Crippen molar-refractivity contribution in [3.05, 3.63) is 29.8 Å². The smallest absolute Gasteiger partial charge is 0.118 e. The van der Waals surface area contributed by atoms with Gasteiger partial charge in [0.25, 0.3) is 0 Å². The maximum Gasteiger partial charge on any atom is 0.118 e. The van der Waals surface area contributed by atoms with Crippen LogP contribution in [0.15, 0.2) is 24.3 Å². The van der Waals surface area contributed by atoms with Gasteiger partial charge >= 0.3 is 0 Å². The number of aliphatic hydroxyl groups excluding tert-OH is 2. The van der Waals surface area contributed by atoms with Gasteiger partial charge in [-0.25, -0.2) is 0 Å². The van der Waals surface area contributed by atoms with Gasteiger partial charge in [-0.3, -0.25) is 0 Å². The highest BCUT2D eigenvalue weighted by Crippen LogP contribution is 2.23. The predicted molar refractivity (Wildman–Crippen MR) is 69.1 cm³/mol. The summed E-state index contributed by atoms with van der Waals surface area (Å²) < 4.78 is 15.8. The van der Waals surface area contributed by atoms with E-state index in [0.29, 0.717) is 6.61 Å². The molecule has 4 unspecified atom stereocenters. The monoisotopic (exact) mass is 264 g/mol. The number of methoxy groups -OCH3 is 1. The highest BCUT2D eigenvalue weighted by molar-refractivity contribution is 6.11. The van der Waals surface area contributed by atoms with Crippen molar-refractivity contribution in [2.45, 2.75) is 30.9 Å². The fourth-order valence-corrected chi connectivity index (χ4v) is 2.02. The third kappa shape index (κ3) is 3.28. The van der Waals surface area contributed by atoms with E-state index in [0.717, 1.165) is 11.3 Å². The molecule has 1 aromatic carbocycles. The first-order valence-electron chi connectivity index (χ1n) is 6.10. The van der Waals surface area contributed by atoms with Crippen LogP contribution in [0, 0.1) is 0 Å². The second-order valence-corrected chi connectivity index (χ2v) is 4.44. The van der Waals surface area contributed by atoms with E-state index >= 15 is 0 Å². The van der Waals surface area contributed by atoms with Crippen molar-refractivity contribution in [3.8, 4) is 5.75 Å². The molecule has 2 rings (SSSR count). The highest BCUT2D eigenvalue weighted by atomic mass is 16.6. The molecule has 0 bridgehead atoms. The first-order chi connectivity index (χ1) is 9.15. The topological polar surface area (TPSA) is 68.2 Å². The van der Waals surface area contributed by atoms with E-state index < -0.39 is 24.3 Å². The van der Waals surface area contributed by atoms with Gasteiger partial charge in [-0.15, -0.1) is 0 Å². The highest BCUT2D eigenvalue weighted by Gasteiger charge is 2.41. The van der Waals surface area contributed by atoms with Crippen molar-refractivity contribution in [3.63, 3.8) is 0 Å². The Morgan fingerprint density at radius 1 is 1.32 bits per heavy atom. The predicted octanol–water partition coefficient (Wildman–Crippen LogP) is -0.173. The summed E-state index contributed by atoms with van der Waals surface area (Å²) >= 11 is 0. The standard InChI is InChI=1S/C13H17BO5/c1-17-9-4-2-8(3-5-9)7-18-12-11(16)10(6-15)19-13(12)14/h2-5,10-13,15-16H,6-7H2,1H3. The summed E-state index contributed by atoms with van der Waals surface area (Å²) in [6.45, 7) is 0.0260. The van der Waals surface area contributed by atoms with E-state index in [2.05, 4.69) is 0 Å². The summed E-state index contributed by atoms with van der Waals surface area (Å²) in [5.41, 5.74) is 0.938. The van der Waals surface area contributed by atoms with E-state index in [1.165, 1.54) is 0 Å². The molecule has 4 atom stereocenters. The summed E-state index contributed by atoms with van der Waals surface area (Å²) in [4.78, 5) is 0. The maximum atomic E-state index is 9.87. The molecular formula is C13H17BO5. The van der Waals surface area contributed by atoms with Gasteiger partial charge in [-0.2, -0.15) is 0 Å². The van der Waals surface area contributed by atoms with Crippen molar-refractivity contribution >= 4 is 7.85 Å². The van der Waals surface area contributed by atoms with Crippen LogP contribution in [0.5, 0.6) is 5.75 Å². The quantitative estimate of drug-likeness (QED) is 0.722. The normalized spacial score (nSPS) is 30.5. The Kier molecular flexibility index (Phi) is 4.82. The molecule has 0 aromatic heterocycles. The third-order valence-electron chi connectivity index (χ3n) is 3.15. The van der Waals surface area contributed by atoms with Gasteiger partial charge in [0.05, 0.1) is 20.3 Å². The van der Waals surface area contributed by atoms with Gasteiger partial charge in [-0.05, 0) is 17.7 Å². The van der Waals surface area contributed by atoms with Crippen LogP contribution < -0.4 is 4.74 Å². The third-order valence-corrected chi connectivity index (χ3v) is 3.15. The minimum absolute atomic E-state index is 0.280. The Balaban J connectivity index is 1.90.